The largest absolute Gasteiger partial charge is 0.458 e. The third kappa shape index (κ3) is 1.95. The molecule has 0 fully saturated rings. The number of nitrogens with two attached hydrogens (primary N) is 2. The Kier molecular flexibility index (Phi) is 2.50. The molecule has 0 heterocycles. The molecule has 0 spiro atoms. The van der Waals surface area contributed by atoms with Crippen LogP contribution in [0, 0.1) is 0 Å². The van der Waals surface area contributed by atoms with Gasteiger partial charge in [0.15, 0.2) is 0 Å². The molecule has 0 atom stereocenters. The Labute approximate surface area is 81.7 Å². The van der Waals surface area contributed by atoms with Gasteiger partial charge in [-0.15, -0.1) is 0 Å². The molecule has 0 bridgehead atoms. The zero-order valence-electron chi connectivity index (χ0n) is 7.28. The van der Waals surface area contributed by atoms with Crippen LogP contribution in [0.5, 0.6) is 0 Å². The lowest BCUT2D eigenvalue weighted by molar-refractivity contribution is -0.289. The van der Waals surface area contributed by atoms with E-state index in [1.54, 1.807) is 0 Å². The van der Waals surface area contributed by atoms with E-state index in [0.29, 0.717) is 12.1 Å². The Hall–Kier alpha value is -1.53. The molecule has 0 amide bonds. The lowest BCUT2D eigenvalue weighted by Crippen LogP contribution is -2.33. The van der Waals surface area contributed by atoms with Gasteiger partial charge < -0.3 is 11.5 Å². The number of nitrogen functional groups attached to an aromatic ring is 2. The smallest absolute Gasteiger partial charge is 0.397 e. The van der Waals surface area contributed by atoms with Crippen molar-refractivity contribution in [1.29, 1.82) is 0 Å². The van der Waals surface area contributed by atoms with Crippen molar-refractivity contribution < 1.29 is 22.0 Å². The molecule has 7 heteroatoms. The second-order valence-electron chi connectivity index (χ2n) is 2.92. The fourth-order valence-corrected chi connectivity index (χ4v) is 0.934. The van der Waals surface area contributed by atoms with Crippen LogP contribution in [0.2, 0.25) is 0 Å². The fraction of sp³-hybridized carbons (Fsp3) is 0.250. The summed E-state index contributed by atoms with van der Waals surface area (Å²) in [5.74, 6) is -4.92. The fourth-order valence-electron chi connectivity index (χ4n) is 0.934. The Morgan fingerprint density at radius 3 is 1.80 bits per heavy atom. The van der Waals surface area contributed by atoms with Crippen LogP contribution in [-0.2, 0) is 5.92 Å². The van der Waals surface area contributed by atoms with Gasteiger partial charge in [0, 0.05) is 5.56 Å². The van der Waals surface area contributed by atoms with Crippen LogP contribution in [0.4, 0.5) is 33.3 Å². The van der Waals surface area contributed by atoms with Crippen LogP contribution >= 0.6 is 0 Å². The third-order valence-corrected chi connectivity index (χ3v) is 1.81. The second-order valence-corrected chi connectivity index (χ2v) is 2.92. The topological polar surface area (TPSA) is 52.0 Å². The quantitative estimate of drug-likeness (QED) is 0.571. The van der Waals surface area contributed by atoms with Crippen molar-refractivity contribution in [3.8, 4) is 0 Å². The van der Waals surface area contributed by atoms with Crippen molar-refractivity contribution in [3.63, 3.8) is 0 Å². The summed E-state index contributed by atoms with van der Waals surface area (Å²) >= 11 is 0. The van der Waals surface area contributed by atoms with Crippen molar-refractivity contribution in [3.05, 3.63) is 23.8 Å². The minimum absolute atomic E-state index is 0.0447. The summed E-state index contributed by atoms with van der Waals surface area (Å²) in [6, 6.07) is 2.02. The minimum atomic E-state index is -5.64. The van der Waals surface area contributed by atoms with Gasteiger partial charge in [0.1, 0.15) is 0 Å². The maximum Gasteiger partial charge on any atom is 0.458 e. The molecule has 0 aliphatic heterocycles. The van der Waals surface area contributed by atoms with Crippen LogP contribution in [0.25, 0.3) is 0 Å². The van der Waals surface area contributed by atoms with E-state index in [-0.39, 0.29) is 11.4 Å². The SMILES string of the molecule is Nc1ccc(C(F)(F)C(F)(F)F)cc1N. The number of anilines is 2. The summed E-state index contributed by atoms with van der Waals surface area (Å²) in [4.78, 5) is 0. The highest BCUT2D eigenvalue weighted by molar-refractivity contribution is 5.64. The highest BCUT2D eigenvalue weighted by Gasteiger charge is 2.58. The highest BCUT2D eigenvalue weighted by atomic mass is 19.4. The molecule has 1 aromatic carbocycles. The average Bonchev–Trinajstić information content (AvgIpc) is 2.07. The molecular weight excluding hydrogens is 219 g/mol. The van der Waals surface area contributed by atoms with E-state index >= 15 is 0 Å². The summed E-state index contributed by atoms with van der Waals surface area (Å²) in [5.41, 5.74) is 8.75. The van der Waals surface area contributed by atoms with E-state index in [9.17, 15) is 22.0 Å². The van der Waals surface area contributed by atoms with Crippen LogP contribution in [0.3, 0.4) is 0 Å². The first-order chi connectivity index (χ1) is 6.66. The van der Waals surface area contributed by atoms with Gasteiger partial charge in [-0.25, -0.2) is 0 Å². The van der Waals surface area contributed by atoms with Crippen LogP contribution < -0.4 is 11.5 Å². The molecule has 4 N–H and O–H groups in total. The van der Waals surface area contributed by atoms with Gasteiger partial charge in [0.05, 0.1) is 11.4 Å². The molecule has 0 aliphatic rings. The van der Waals surface area contributed by atoms with Gasteiger partial charge in [-0.1, -0.05) is 6.07 Å². The van der Waals surface area contributed by atoms with Crippen molar-refractivity contribution in [2.45, 2.75) is 12.1 Å². The Morgan fingerprint density at radius 1 is 0.867 bits per heavy atom. The minimum Gasteiger partial charge on any atom is -0.397 e. The van der Waals surface area contributed by atoms with Crippen molar-refractivity contribution in [2.75, 3.05) is 11.5 Å². The molecule has 0 unspecified atom stereocenters. The summed E-state index contributed by atoms with van der Waals surface area (Å²) in [6.07, 6.45) is -5.64. The zero-order valence-corrected chi connectivity index (χ0v) is 7.28. The molecular formula is C8H7F5N2. The molecule has 0 aliphatic carbocycles. The summed E-state index contributed by atoms with van der Waals surface area (Å²) in [7, 11) is 0. The van der Waals surface area contributed by atoms with Crippen molar-refractivity contribution in [2.24, 2.45) is 0 Å². The Bertz CT molecular complexity index is 372. The first-order valence-corrected chi connectivity index (χ1v) is 3.76. The molecule has 15 heavy (non-hydrogen) atoms. The van der Waals surface area contributed by atoms with E-state index < -0.39 is 17.7 Å². The maximum atomic E-state index is 12.8. The lowest BCUT2D eigenvalue weighted by atomic mass is 10.1. The lowest BCUT2D eigenvalue weighted by Gasteiger charge is -2.20. The summed E-state index contributed by atoms with van der Waals surface area (Å²) < 4.78 is 61.3. The van der Waals surface area contributed by atoms with Gasteiger partial charge >= 0.3 is 12.1 Å². The van der Waals surface area contributed by atoms with Crippen molar-refractivity contribution >= 4 is 11.4 Å². The molecule has 0 saturated heterocycles. The molecule has 1 rings (SSSR count). The second kappa shape index (κ2) is 3.25. The molecule has 0 aromatic heterocycles. The van der Waals surface area contributed by atoms with Gasteiger partial charge in [-0.05, 0) is 12.1 Å². The average molecular weight is 226 g/mol. The highest BCUT2D eigenvalue weighted by Crippen LogP contribution is 2.44. The van der Waals surface area contributed by atoms with Crippen LogP contribution in [0.1, 0.15) is 5.56 Å². The van der Waals surface area contributed by atoms with E-state index in [1.807, 2.05) is 0 Å². The molecule has 1 aromatic rings. The van der Waals surface area contributed by atoms with Gasteiger partial charge in [-0.2, -0.15) is 22.0 Å². The molecule has 0 radical (unpaired) electrons. The number of hydrogen-bond donors (Lipinski definition) is 2. The standard InChI is InChI=1S/C8H7F5N2/c9-7(10,8(11,12)13)4-1-2-5(14)6(15)3-4/h1-3H,14-15H2. The first kappa shape index (κ1) is 11.5. The van der Waals surface area contributed by atoms with Crippen LogP contribution in [-0.4, -0.2) is 6.18 Å². The zero-order chi connectivity index (χ0) is 11.9. The number of hydrogen-bond acceptors (Lipinski definition) is 2. The third-order valence-electron chi connectivity index (χ3n) is 1.81. The maximum absolute atomic E-state index is 12.8. The van der Waals surface area contributed by atoms with Gasteiger partial charge in [0.25, 0.3) is 0 Å². The molecule has 2 nitrogen and oxygen atoms in total. The predicted molar refractivity (Wildman–Crippen MR) is 45.2 cm³/mol. The monoisotopic (exact) mass is 226 g/mol. The molecule has 0 saturated carbocycles. The van der Waals surface area contributed by atoms with E-state index in [1.165, 1.54) is 0 Å². The van der Waals surface area contributed by atoms with E-state index in [0.717, 1.165) is 6.07 Å². The van der Waals surface area contributed by atoms with Crippen LogP contribution in [0.15, 0.2) is 18.2 Å². The van der Waals surface area contributed by atoms with E-state index in [2.05, 4.69) is 0 Å². The number of benzene rings is 1. The van der Waals surface area contributed by atoms with E-state index in [4.69, 9.17) is 11.5 Å². The summed E-state index contributed by atoms with van der Waals surface area (Å²) in [6.45, 7) is 0. The first-order valence-electron chi connectivity index (χ1n) is 3.76. The van der Waals surface area contributed by atoms with Gasteiger partial charge in [0.2, 0.25) is 0 Å². The van der Waals surface area contributed by atoms with Gasteiger partial charge in [-0.3, -0.25) is 0 Å². The Morgan fingerprint density at radius 2 is 1.40 bits per heavy atom. The number of rotatable bonds is 1. The normalized spacial score (nSPS) is 12.9. The predicted octanol–water partition coefficient (Wildman–Crippen LogP) is 2.51. The molecule has 84 valence electrons. The summed E-state index contributed by atoms with van der Waals surface area (Å²) in [5, 5.41) is 0. The Balaban J connectivity index is 3.22. The number of alkyl halides is 5. The number of halogens is 5. The van der Waals surface area contributed by atoms with Crippen molar-refractivity contribution in [1.82, 2.24) is 0 Å².